The fourth-order valence-corrected chi connectivity index (χ4v) is 3.27. The maximum absolute atomic E-state index is 6.13. The van der Waals surface area contributed by atoms with Gasteiger partial charge in [-0.3, -0.25) is 0 Å². The molecular formula is C10H19N. The van der Waals surface area contributed by atoms with Crippen molar-refractivity contribution in [2.75, 3.05) is 0 Å². The quantitative estimate of drug-likeness (QED) is 0.567. The summed E-state index contributed by atoms with van der Waals surface area (Å²) in [5.41, 5.74) is 7.08. The molecule has 0 amide bonds. The SMILES string of the molecule is CC1(C)[C@@H]2CC[C@]1(C)[C@H](N)C2. The van der Waals surface area contributed by atoms with Crippen molar-refractivity contribution in [3.05, 3.63) is 0 Å². The standard InChI is InChI=1S/C10H19N/c1-9(2)7-4-5-10(9,3)8(11)6-7/h7-8H,4-6,11H2,1-3H3/t7-,8-,10-/m1/s1. The Labute approximate surface area is 69.4 Å². The van der Waals surface area contributed by atoms with E-state index in [1.165, 1.54) is 19.3 Å². The van der Waals surface area contributed by atoms with Crippen molar-refractivity contribution in [2.24, 2.45) is 22.5 Å². The third-order valence-corrected chi connectivity index (χ3v) is 4.86. The van der Waals surface area contributed by atoms with Crippen LogP contribution in [-0.2, 0) is 0 Å². The molecule has 1 nitrogen and oxygen atoms in total. The highest BCUT2D eigenvalue weighted by Gasteiger charge is 2.59. The number of hydrogen-bond donors (Lipinski definition) is 1. The molecule has 0 unspecified atom stereocenters. The maximum Gasteiger partial charge on any atom is 0.0101 e. The molecule has 0 aromatic carbocycles. The van der Waals surface area contributed by atoms with Gasteiger partial charge in [0.15, 0.2) is 0 Å². The van der Waals surface area contributed by atoms with Crippen molar-refractivity contribution in [1.29, 1.82) is 0 Å². The van der Waals surface area contributed by atoms with Gasteiger partial charge in [0.25, 0.3) is 0 Å². The Morgan fingerprint density at radius 3 is 2.09 bits per heavy atom. The van der Waals surface area contributed by atoms with E-state index in [0.29, 0.717) is 16.9 Å². The molecule has 2 aliphatic rings. The Morgan fingerprint density at radius 2 is 1.91 bits per heavy atom. The second kappa shape index (κ2) is 1.82. The summed E-state index contributed by atoms with van der Waals surface area (Å²) in [7, 11) is 0. The van der Waals surface area contributed by atoms with Crippen LogP contribution in [0.1, 0.15) is 40.0 Å². The number of hydrogen-bond acceptors (Lipinski definition) is 1. The van der Waals surface area contributed by atoms with Gasteiger partial charge in [0, 0.05) is 6.04 Å². The maximum atomic E-state index is 6.13. The summed E-state index contributed by atoms with van der Waals surface area (Å²) in [6.07, 6.45) is 4.03. The highest BCUT2D eigenvalue weighted by Crippen LogP contribution is 2.64. The van der Waals surface area contributed by atoms with E-state index in [1.54, 1.807) is 0 Å². The second-order valence-corrected chi connectivity index (χ2v) is 5.22. The van der Waals surface area contributed by atoms with E-state index in [0.717, 1.165) is 5.92 Å². The van der Waals surface area contributed by atoms with Crippen LogP contribution in [0.15, 0.2) is 0 Å². The third-order valence-electron chi connectivity index (χ3n) is 4.86. The van der Waals surface area contributed by atoms with Crippen LogP contribution in [0, 0.1) is 16.7 Å². The van der Waals surface area contributed by atoms with Gasteiger partial charge < -0.3 is 5.73 Å². The Hall–Kier alpha value is -0.0400. The van der Waals surface area contributed by atoms with Crippen LogP contribution in [0.4, 0.5) is 0 Å². The van der Waals surface area contributed by atoms with Crippen molar-refractivity contribution in [3.8, 4) is 0 Å². The van der Waals surface area contributed by atoms with Gasteiger partial charge in [-0.05, 0) is 36.0 Å². The molecule has 64 valence electrons. The Balaban J connectivity index is 2.40. The monoisotopic (exact) mass is 153 g/mol. The minimum atomic E-state index is 0.442. The van der Waals surface area contributed by atoms with E-state index < -0.39 is 0 Å². The highest BCUT2D eigenvalue weighted by molar-refractivity contribution is 5.11. The molecule has 2 bridgehead atoms. The van der Waals surface area contributed by atoms with Gasteiger partial charge in [-0.1, -0.05) is 20.8 Å². The lowest BCUT2D eigenvalue weighted by Crippen LogP contribution is -2.40. The zero-order valence-corrected chi connectivity index (χ0v) is 7.85. The molecule has 0 radical (unpaired) electrons. The summed E-state index contributed by atoms with van der Waals surface area (Å²) in [6, 6.07) is 0.469. The Morgan fingerprint density at radius 1 is 1.27 bits per heavy atom. The van der Waals surface area contributed by atoms with Gasteiger partial charge in [-0.2, -0.15) is 0 Å². The van der Waals surface area contributed by atoms with Crippen LogP contribution in [-0.4, -0.2) is 6.04 Å². The molecule has 0 heterocycles. The Kier molecular flexibility index (Phi) is 1.26. The molecule has 2 N–H and O–H groups in total. The predicted molar refractivity (Wildman–Crippen MR) is 47.2 cm³/mol. The van der Waals surface area contributed by atoms with Gasteiger partial charge in [-0.15, -0.1) is 0 Å². The van der Waals surface area contributed by atoms with Gasteiger partial charge in [0.1, 0.15) is 0 Å². The van der Waals surface area contributed by atoms with E-state index in [1.807, 2.05) is 0 Å². The molecule has 1 heteroatoms. The zero-order chi connectivity index (χ0) is 8.28. The molecule has 2 rings (SSSR count). The third kappa shape index (κ3) is 0.658. The summed E-state index contributed by atoms with van der Waals surface area (Å²) >= 11 is 0. The van der Waals surface area contributed by atoms with Gasteiger partial charge in [-0.25, -0.2) is 0 Å². The lowest BCUT2D eigenvalue weighted by atomic mass is 9.69. The van der Waals surface area contributed by atoms with Crippen molar-refractivity contribution < 1.29 is 0 Å². The average molecular weight is 153 g/mol. The minimum absolute atomic E-state index is 0.442. The first-order valence-corrected chi connectivity index (χ1v) is 4.74. The molecule has 11 heavy (non-hydrogen) atoms. The molecule has 0 aliphatic heterocycles. The molecule has 0 aromatic rings. The molecular weight excluding hydrogens is 134 g/mol. The molecule has 2 aliphatic carbocycles. The summed E-state index contributed by atoms with van der Waals surface area (Å²) in [5.74, 6) is 0.905. The zero-order valence-electron chi connectivity index (χ0n) is 7.85. The van der Waals surface area contributed by atoms with E-state index in [2.05, 4.69) is 20.8 Å². The Bertz CT molecular complexity index is 185. The lowest BCUT2D eigenvalue weighted by molar-refractivity contribution is 0.136. The average Bonchev–Trinajstić information content (AvgIpc) is 2.20. The predicted octanol–water partition coefficient (Wildman–Crippen LogP) is 2.16. The summed E-state index contributed by atoms with van der Waals surface area (Å²) < 4.78 is 0. The largest absolute Gasteiger partial charge is 0.327 e. The smallest absolute Gasteiger partial charge is 0.0101 e. The van der Waals surface area contributed by atoms with Crippen LogP contribution in [0.5, 0.6) is 0 Å². The van der Waals surface area contributed by atoms with E-state index in [-0.39, 0.29) is 0 Å². The number of fused-ring (bicyclic) bond motifs is 2. The summed E-state index contributed by atoms with van der Waals surface area (Å²) in [5, 5.41) is 0. The molecule has 2 saturated carbocycles. The van der Waals surface area contributed by atoms with E-state index in [9.17, 15) is 0 Å². The minimum Gasteiger partial charge on any atom is -0.327 e. The molecule has 0 spiro atoms. The van der Waals surface area contributed by atoms with Gasteiger partial charge in [0.05, 0.1) is 0 Å². The van der Waals surface area contributed by atoms with Crippen LogP contribution in [0.3, 0.4) is 0 Å². The fourth-order valence-electron chi connectivity index (χ4n) is 3.27. The normalized spacial score (nSPS) is 53.5. The first kappa shape index (κ1) is 7.60. The van der Waals surface area contributed by atoms with Gasteiger partial charge in [0.2, 0.25) is 0 Å². The second-order valence-electron chi connectivity index (χ2n) is 5.22. The van der Waals surface area contributed by atoms with Crippen LogP contribution in [0.2, 0.25) is 0 Å². The van der Waals surface area contributed by atoms with Crippen LogP contribution in [0.25, 0.3) is 0 Å². The van der Waals surface area contributed by atoms with Crippen molar-refractivity contribution in [3.63, 3.8) is 0 Å². The summed E-state index contributed by atoms with van der Waals surface area (Å²) in [6.45, 7) is 7.18. The van der Waals surface area contributed by atoms with Crippen LogP contribution >= 0.6 is 0 Å². The highest BCUT2D eigenvalue weighted by atomic mass is 14.8. The molecule has 3 atom stereocenters. The van der Waals surface area contributed by atoms with E-state index >= 15 is 0 Å². The van der Waals surface area contributed by atoms with E-state index in [4.69, 9.17) is 5.73 Å². The fraction of sp³-hybridized carbons (Fsp3) is 1.00. The number of nitrogens with two attached hydrogens (primary N) is 1. The van der Waals surface area contributed by atoms with Gasteiger partial charge >= 0.3 is 0 Å². The van der Waals surface area contributed by atoms with Crippen molar-refractivity contribution in [1.82, 2.24) is 0 Å². The van der Waals surface area contributed by atoms with Crippen molar-refractivity contribution >= 4 is 0 Å². The number of rotatable bonds is 0. The lowest BCUT2D eigenvalue weighted by Gasteiger charge is -2.37. The first-order chi connectivity index (χ1) is 4.98. The summed E-state index contributed by atoms with van der Waals surface area (Å²) in [4.78, 5) is 0. The molecule has 0 saturated heterocycles. The topological polar surface area (TPSA) is 26.0 Å². The molecule has 2 fully saturated rings. The molecule has 0 aromatic heterocycles. The van der Waals surface area contributed by atoms with Crippen molar-refractivity contribution in [2.45, 2.75) is 46.1 Å². The van der Waals surface area contributed by atoms with Crippen LogP contribution < -0.4 is 5.73 Å². The first-order valence-electron chi connectivity index (χ1n) is 4.74.